The van der Waals surface area contributed by atoms with Crippen molar-refractivity contribution in [3.63, 3.8) is 0 Å². The molecule has 0 aromatic carbocycles. The third kappa shape index (κ3) is 3.01. The lowest BCUT2D eigenvalue weighted by Gasteiger charge is -2.32. The molecule has 7 heteroatoms. The van der Waals surface area contributed by atoms with E-state index in [-0.39, 0.29) is 5.56 Å². The number of aromatic carboxylic acids is 1. The molecule has 2 aromatic rings. The van der Waals surface area contributed by atoms with E-state index in [1.807, 2.05) is 6.92 Å². The Morgan fingerprint density at radius 2 is 2.13 bits per heavy atom. The highest BCUT2D eigenvalue weighted by Crippen LogP contribution is 2.29. The number of nitrogens with zero attached hydrogens (tertiary/aromatic N) is 3. The Labute approximate surface area is 134 Å². The molecule has 0 unspecified atom stereocenters. The first kappa shape index (κ1) is 15.7. The van der Waals surface area contributed by atoms with Crippen molar-refractivity contribution in [1.82, 2.24) is 14.6 Å². The monoisotopic (exact) mass is 318 g/mol. The molecule has 0 bridgehead atoms. The molecule has 0 atom stereocenters. The molecule has 3 rings (SSSR count). The Morgan fingerprint density at radius 1 is 1.39 bits per heavy atom. The molecule has 23 heavy (non-hydrogen) atoms. The number of aromatic nitrogens is 3. The van der Waals surface area contributed by atoms with Gasteiger partial charge in [-0.1, -0.05) is 26.2 Å². The zero-order valence-electron chi connectivity index (χ0n) is 13.2. The molecule has 0 saturated heterocycles. The van der Waals surface area contributed by atoms with Crippen LogP contribution in [0.2, 0.25) is 0 Å². The van der Waals surface area contributed by atoms with Gasteiger partial charge in [0.1, 0.15) is 11.8 Å². The minimum absolute atomic E-state index is 0.243. The quantitative estimate of drug-likeness (QED) is 0.780. The van der Waals surface area contributed by atoms with Crippen molar-refractivity contribution in [2.45, 2.75) is 51.0 Å². The number of aliphatic hydroxyl groups is 1. The Balaban J connectivity index is 1.92. The van der Waals surface area contributed by atoms with E-state index in [2.05, 4.69) is 15.4 Å². The average Bonchev–Trinajstić information content (AvgIpc) is 2.93. The standard InChI is InChI=1S/C16H22N4O3/c1-2-11-12(15(21)22)8-20-13(11)14(18-10-19-20)17-9-16(23)6-4-3-5-7-16/h8,10,23H,2-7,9H2,1H3,(H,21,22)(H,17,18,19). The zero-order valence-corrected chi connectivity index (χ0v) is 13.2. The maximum absolute atomic E-state index is 11.4. The third-order valence-corrected chi connectivity index (χ3v) is 4.63. The lowest BCUT2D eigenvalue weighted by molar-refractivity contribution is 0.0166. The van der Waals surface area contributed by atoms with E-state index < -0.39 is 11.6 Å². The highest BCUT2D eigenvalue weighted by Gasteiger charge is 2.29. The molecule has 0 radical (unpaired) electrons. The fourth-order valence-electron chi connectivity index (χ4n) is 3.38. The van der Waals surface area contributed by atoms with Crippen LogP contribution >= 0.6 is 0 Å². The first-order valence-electron chi connectivity index (χ1n) is 8.09. The van der Waals surface area contributed by atoms with E-state index in [0.717, 1.165) is 25.7 Å². The Hall–Kier alpha value is -2.15. The Morgan fingerprint density at radius 3 is 2.78 bits per heavy atom. The molecule has 2 heterocycles. The predicted octanol–water partition coefficient (Wildman–Crippen LogP) is 2.10. The maximum atomic E-state index is 11.4. The van der Waals surface area contributed by atoms with Crippen LogP contribution in [0.5, 0.6) is 0 Å². The van der Waals surface area contributed by atoms with Gasteiger partial charge in [-0.25, -0.2) is 14.3 Å². The average molecular weight is 318 g/mol. The Bertz CT molecular complexity index is 719. The van der Waals surface area contributed by atoms with Crippen LogP contribution in [-0.4, -0.2) is 42.9 Å². The van der Waals surface area contributed by atoms with Crippen LogP contribution in [0.25, 0.3) is 5.52 Å². The van der Waals surface area contributed by atoms with Crippen LogP contribution in [-0.2, 0) is 6.42 Å². The third-order valence-electron chi connectivity index (χ3n) is 4.63. The lowest BCUT2D eigenvalue weighted by atomic mass is 9.85. The van der Waals surface area contributed by atoms with Gasteiger partial charge in [0.25, 0.3) is 0 Å². The fraction of sp³-hybridized carbons (Fsp3) is 0.562. The number of carbonyl (C=O) groups is 1. The number of fused-ring (bicyclic) bond motifs is 1. The molecule has 3 N–H and O–H groups in total. The summed E-state index contributed by atoms with van der Waals surface area (Å²) in [5, 5.41) is 27.3. The number of hydrogen-bond acceptors (Lipinski definition) is 5. The molecule has 0 spiro atoms. The van der Waals surface area contributed by atoms with Crippen molar-refractivity contribution >= 4 is 17.3 Å². The summed E-state index contributed by atoms with van der Waals surface area (Å²) in [6.07, 6.45) is 8.28. The fourth-order valence-corrected chi connectivity index (χ4v) is 3.38. The first-order valence-corrected chi connectivity index (χ1v) is 8.09. The van der Waals surface area contributed by atoms with Crippen molar-refractivity contribution in [3.05, 3.63) is 23.7 Å². The minimum Gasteiger partial charge on any atom is -0.478 e. The molecule has 1 aliphatic carbocycles. The second-order valence-corrected chi connectivity index (χ2v) is 6.22. The van der Waals surface area contributed by atoms with E-state index >= 15 is 0 Å². The van der Waals surface area contributed by atoms with Crippen LogP contribution in [0, 0.1) is 0 Å². The van der Waals surface area contributed by atoms with E-state index in [0.29, 0.717) is 29.9 Å². The summed E-state index contributed by atoms with van der Waals surface area (Å²) >= 11 is 0. The van der Waals surface area contributed by atoms with Crippen LogP contribution < -0.4 is 5.32 Å². The van der Waals surface area contributed by atoms with Crippen LogP contribution in [0.3, 0.4) is 0 Å². The lowest BCUT2D eigenvalue weighted by Crippen LogP contribution is -2.39. The van der Waals surface area contributed by atoms with Crippen LogP contribution in [0.15, 0.2) is 12.5 Å². The summed E-state index contributed by atoms with van der Waals surface area (Å²) < 4.78 is 1.54. The predicted molar refractivity (Wildman–Crippen MR) is 85.8 cm³/mol. The molecule has 2 aromatic heterocycles. The molecule has 1 saturated carbocycles. The largest absolute Gasteiger partial charge is 0.478 e. The molecule has 7 nitrogen and oxygen atoms in total. The van der Waals surface area contributed by atoms with Gasteiger partial charge in [-0.2, -0.15) is 5.10 Å². The minimum atomic E-state index is -0.968. The number of rotatable bonds is 5. The second-order valence-electron chi connectivity index (χ2n) is 6.22. The van der Waals surface area contributed by atoms with E-state index in [4.69, 9.17) is 0 Å². The van der Waals surface area contributed by atoms with Crippen molar-refractivity contribution < 1.29 is 15.0 Å². The second kappa shape index (κ2) is 6.16. The maximum Gasteiger partial charge on any atom is 0.337 e. The van der Waals surface area contributed by atoms with Gasteiger partial charge in [0.05, 0.1) is 11.2 Å². The van der Waals surface area contributed by atoms with Crippen molar-refractivity contribution in [3.8, 4) is 0 Å². The summed E-state index contributed by atoms with van der Waals surface area (Å²) in [7, 11) is 0. The number of hydrogen-bond donors (Lipinski definition) is 3. The van der Waals surface area contributed by atoms with Gasteiger partial charge in [-0.05, 0) is 24.8 Å². The van der Waals surface area contributed by atoms with Gasteiger partial charge in [-0.15, -0.1) is 0 Å². The molecular weight excluding hydrogens is 296 g/mol. The van der Waals surface area contributed by atoms with Gasteiger partial charge >= 0.3 is 5.97 Å². The van der Waals surface area contributed by atoms with Crippen LogP contribution in [0.4, 0.5) is 5.82 Å². The highest BCUT2D eigenvalue weighted by atomic mass is 16.4. The normalized spacial score (nSPS) is 17.3. The molecule has 0 aliphatic heterocycles. The highest BCUT2D eigenvalue weighted by molar-refractivity contribution is 5.94. The number of nitrogens with one attached hydrogen (secondary N) is 1. The van der Waals surface area contributed by atoms with Gasteiger partial charge < -0.3 is 15.5 Å². The summed E-state index contributed by atoms with van der Waals surface area (Å²) in [4.78, 5) is 15.7. The SMILES string of the molecule is CCc1c(C(=O)O)cn2ncnc(NCC3(O)CCCCC3)c12. The summed E-state index contributed by atoms with van der Waals surface area (Å²) in [6.45, 7) is 2.32. The van der Waals surface area contributed by atoms with Crippen LogP contribution in [0.1, 0.15) is 54.9 Å². The molecule has 1 aliphatic rings. The number of anilines is 1. The topological polar surface area (TPSA) is 99.8 Å². The van der Waals surface area contributed by atoms with Crippen molar-refractivity contribution in [2.75, 3.05) is 11.9 Å². The summed E-state index contributed by atoms with van der Waals surface area (Å²) in [5.74, 6) is -0.396. The zero-order chi connectivity index (χ0) is 16.4. The Kier molecular flexibility index (Phi) is 4.21. The smallest absolute Gasteiger partial charge is 0.337 e. The van der Waals surface area contributed by atoms with E-state index in [1.54, 1.807) is 4.52 Å². The van der Waals surface area contributed by atoms with Gasteiger partial charge in [0, 0.05) is 12.7 Å². The number of carboxylic acids is 1. The van der Waals surface area contributed by atoms with E-state index in [9.17, 15) is 15.0 Å². The van der Waals surface area contributed by atoms with Gasteiger partial charge in [0.2, 0.25) is 0 Å². The van der Waals surface area contributed by atoms with Gasteiger partial charge in [0.15, 0.2) is 5.82 Å². The van der Waals surface area contributed by atoms with Crippen molar-refractivity contribution in [1.29, 1.82) is 0 Å². The first-order chi connectivity index (χ1) is 11.0. The van der Waals surface area contributed by atoms with Gasteiger partial charge in [-0.3, -0.25) is 0 Å². The number of aryl methyl sites for hydroxylation is 1. The van der Waals surface area contributed by atoms with E-state index in [1.165, 1.54) is 18.9 Å². The molecule has 124 valence electrons. The van der Waals surface area contributed by atoms with Crippen molar-refractivity contribution in [2.24, 2.45) is 0 Å². The molecular formula is C16H22N4O3. The number of carboxylic acid groups (broad SMARTS) is 1. The summed E-state index contributed by atoms with van der Waals surface area (Å²) in [6, 6.07) is 0. The molecule has 1 fully saturated rings. The molecule has 0 amide bonds. The summed E-state index contributed by atoms with van der Waals surface area (Å²) in [5.41, 5.74) is 0.907.